The molecule has 0 saturated carbocycles. The Morgan fingerprint density at radius 3 is 2.72 bits per heavy atom. The van der Waals surface area contributed by atoms with Gasteiger partial charge >= 0.3 is 6.03 Å². The third kappa shape index (κ3) is 3.80. The molecule has 134 valence electrons. The molecule has 1 unspecified atom stereocenters. The van der Waals surface area contributed by atoms with Crippen molar-refractivity contribution in [2.24, 2.45) is 7.05 Å². The Morgan fingerprint density at radius 1 is 1.40 bits per heavy atom. The van der Waals surface area contributed by atoms with Crippen LogP contribution in [0.5, 0.6) is 0 Å². The maximum absolute atomic E-state index is 13.2. The maximum atomic E-state index is 13.2. The van der Waals surface area contributed by atoms with E-state index in [4.69, 9.17) is 0 Å². The van der Waals surface area contributed by atoms with Crippen molar-refractivity contribution in [3.05, 3.63) is 53.6 Å². The molecular weight excluding hydrogens is 327 g/mol. The number of halogens is 1. The fourth-order valence-corrected chi connectivity index (χ4v) is 3.12. The Morgan fingerprint density at radius 2 is 2.12 bits per heavy atom. The van der Waals surface area contributed by atoms with Crippen molar-refractivity contribution in [3.63, 3.8) is 0 Å². The van der Waals surface area contributed by atoms with E-state index in [-0.39, 0.29) is 19.0 Å². The molecule has 8 heteroatoms. The van der Waals surface area contributed by atoms with Crippen LogP contribution in [-0.4, -0.2) is 56.2 Å². The summed E-state index contributed by atoms with van der Waals surface area (Å²) in [5.41, 5.74) is 1.46. The van der Waals surface area contributed by atoms with E-state index in [0.29, 0.717) is 12.0 Å². The summed E-state index contributed by atoms with van der Waals surface area (Å²) in [6.07, 6.45) is 3.11. The van der Waals surface area contributed by atoms with E-state index >= 15 is 0 Å². The summed E-state index contributed by atoms with van der Waals surface area (Å²) in [5, 5.41) is 26.2. The zero-order valence-electron chi connectivity index (χ0n) is 13.8. The smallest absolute Gasteiger partial charge is 0.318 e. The van der Waals surface area contributed by atoms with Gasteiger partial charge in [0.1, 0.15) is 5.82 Å². The highest BCUT2D eigenvalue weighted by Gasteiger charge is 2.35. The van der Waals surface area contributed by atoms with Crippen LogP contribution in [0.3, 0.4) is 0 Å². The third-order valence-corrected chi connectivity index (χ3v) is 4.39. The molecule has 3 N–H and O–H groups in total. The molecule has 0 radical (unpaired) electrons. The van der Waals surface area contributed by atoms with Crippen molar-refractivity contribution in [3.8, 4) is 0 Å². The molecule has 1 aromatic heterocycles. The lowest BCUT2D eigenvalue weighted by Crippen LogP contribution is -2.45. The lowest BCUT2D eigenvalue weighted by atomic mass is 10.0. The van der Waals surface area contributed by atoms with E-state index < -0.39 is 24.2 Å². The number of aliphatic hydroxyl groups is 2. The van der Waals surface area contributed by atoms with Crippen molar-refractivity contribution in [1.82, 2.24) is 20.0 Å². The van der Waals surface area contributed by atoms with E-state index in [1.807, 2.05) is 0 Å². The number of aryl methyl sites for hydroxylation is 1. The van der Waals surface area contributed by atoms with Gasteiger partial charge < -0.3 is 20.4 Å². The predicted octanol–water partition coefficient (Wildman–Crippen LogP) is 0.786. The first-order chi connectivity index (χ1) is 12.0. The molecule has 1 aromatic carbocycles. The minimum atomic E-state index is -0.648. The highest BCUT2D eigenvalue weighted by molar-refractivity contribution is 5.76. The lowest BCUT2D eigenvalue weighted by Gasteiger charge is -2.26. The zero-order valence-corrected chi connectivity index (χ0v) is 13.8. The van der Waals surface area contributed by atoms with Gasteiger partial charge in [-0.05, 0) is 24.1 Å². The van der Waals surface area contributed by atoms with Crippen molar-refractivity contribution in [2.75, 3.05) is 13.2 Å². The van der Waals surface area contributed by atoms with E-state index in [1.54, 1.807) is 36.3 Å². The van der Waals surface area contributed by atoms with Gasteiger partial charge in [0.2, 0.25) is 0 Å². The molecule has 2 heterocycles. The number of β-amino-alcohol motifs (C(OH)–C–C–N with tert-alkyl or cyclic N) is 1. The summed E-state index contributed by atoms with van der Waals surface area (Å²) in [4.78, 5) is 14.1. The number of carbonyl (C=O) groups is 1. The van der Waals surface area contributed by atoms with Crippen molar-refractivity contribution in [2.45, 2.75) is 24.6 Å². The van der Waals surface area contributed by atoms with Gasteiger partial charge in [0.05, 0.1) is 31.0 Å². The molecule has 1 saturated heterocycles. The molecule has 1 aliphatic heterocycles. The molecule has 0 aliphatic carbocycles. The fourth-order valence-electron chi connectivity index (χ4n) is 3.12. The number of urea groups is 1. The number of rotatable bonds is 4. The molecule has 2 aromatic rings. The van der Waals surface area contributed by atoms with Crippen molar-refractivity contribution < 1.29 is 19.4 Å². The standard InChI is InChI=1S/C17H21FN4O3/c1-21-8-12(7-19-21)16(11-2-4-13(18)5-3-11)20-17(25)22-9-15(24)6-14(22)10-23/h2-5,7-8,14-16,23-24H,6,9-10H2,1H3,(H,20,25)/t14-,15-,16?/m0/s1. The molecule has 1 aliphatic rings. The molecule has 1 fully saturated rings. The van der Waals surface area contributed by atoms with Crippen LogP contribution in [0.25, 0.3) is 0 Å². The first kappa shape index (κ1) is 17.4. The summed E-state index contributed by atoms with van der Waals surface area (Å²) in [7, 11) is 1.77. The molecule has 2 amide bonds. The number of amides is 2. The summed E-state index contributed by atoms with van der Waals surface area (Å²) in [6, 6.07) is 4.55. The highest BCUT2D eigenvalue weighted by Crippen LogP contribution is 2.24. The normalized spacial score (nSPS) is 21.4. The molecule has 0 spiro atoms. The Kier molecular flexibility index (Phi) is 5.00. The molecule has 3 rings (SSSR count). The fraction of sp³-hybridized carbons (Fsp3) is 0.412. The molecule has 3 atom stereocenters. The minimum absolute atomic E-state index is 0.167. The topological polar surface area (TPSA) is 90.6 Å². The van der Waals surface area contributed by atoms with Crippen LogP contribution < -0.4 is 5.32 Å². The second-order valence-electron chi connectivity index (χ2n) is 6.26. The number of hydrogen-bond acceptors (Lipinski definition) is 4. The predicted molar refractivity (Wildman–Crippen MR) is 88.2 cm³/mol. The van der Waals surface area contributed by atoms with Gasteiger partial charge in [0.15, 0.2) is 0 Å². The minimum Gasteiger partial charge on any atom is -0.394 e. The van der Waals surface area contributed by atoms with Gasteiger partial charge in [-0.2, -0.15) is 5.10 Å². The van der Waals surface area contributed by atoms with Crippen LogP contribution in [0.4, 0.5) is 9.18 Å². The highest BCUT2D eigenvalue weighted by atomic mass is 19.1. The number of carbonyl (C=O) groups excluding carboxylic acids is 1. The Hall–Kier alpha value is -2.45. The molecule has 0 bridgehead atoms. The number of aromatic nitrogens is 2. The number of nitrogens with one attached hydrogen (secondary N) is 1. The largest absolute Gasteiger partial charge is 0.394 e. The first-order valence-corrected chi connectivity index (χ1v) is 8.08. The molecule has 25 heavy (non-hydrogen) atoms. The SMILES string of the molecule is Cn1cc(C(NC(=O)N2C[C@@H](O)C[C@H]2CO)c2ccc(F)cc2)cn1. The average Bonchev–Trinajstić information content (AvgIpc) is 3.19. The van der Waals surface area contributed by atoms with Gasteiger partial charge in [0.25, 0.3) is 0 Å². The quantitative estimate of drug-likeness (QED) is 0.762. The average molecular weight is 348 g/mol. The van der Waals surface area contributed by atoms with Gasteiger partial charge in [-0.3, -0.25) is 4.68 Å². The van der Waals surface area contributed by atoms with Gasteiger partial charge in [-0.1, -0.05) is 12.1 Å². The first-order valence-electron chi connectivity index (χ1n) is 8.08. The van der Waals surface area contributed by atoms with Gasteiger partial charge in [-0.25, -0.2) is 9.18 Å². The molecular formula is C17H21FN4O3. The van der Waals surface area contributed by atoms with Crippen LogP contribution in [0.2, 0.25) is 0 Å². The van der Waals surface area contributed by atoms with Crippen LogP contribution in [0, 0.1) is 5.82 Å². The third-order valence-electron chi connectivity index (χ3n) is 4.39. The number of nitrogens with zero attached hydrogens (tertiary/aromatic N) is 3. The monoisotopic (exact) mass is 348 g/mol. The zero-order chi connectivity index (χ0) is 18.0. The Bertz CT molecular complexity index is 734. The number of likely N-dealkylation sites (tertiary alicyclic amines) is 1. The second kappa shape index (κ2) is 7.20. The van der Waals surface area contributed by atoms with Gasteiger partial charge in [-0.15, -0.1) is 0 Å². The van der Waals surface area contributed by atoms with Crippen LogP contribution in [0.15, 0.2) is 36.7 Å². The maximum Gasteiger partial charge on any atom is 0.318 e. The van der Waals surface area contributed by atoms with E-state index in [0.717, 1.165) is 5.56 Å². The summed E-state index contributed by atoms with van der Waals surface area (Å²) >= 11 is 0. The van der Waals surface area contributed by atoms with Crippen LogP contribution in [0.1, 0.15) is 23.6 Å². The van der Waals surface area contributed by atoms with Gasteiger partial charge in [0, 0.05) is 25.4 Å². The van der Waals surface area contributed by atoms with E-state index in [1.165, 1.54) is 17.0 Å². The van der Waals surface area contributed by atoms with Crippen molar-refractivity contribution >= 4 is 6.03 Å². The summed E-state index contributed by atoms with van der Waals surface area (Å²) in [6.45, 7) is -0.0428. The van der Waals surface area contributed by atoms with E-state index in [9.17, 15) is 19.4 Å². The Labute approximate surface area is 144 Å². The van der Waals surface area contributed by atoms with Crippen LogP contribution >= 0.6 is 0 Å². The Balaban J connectivity index is 1.85. The van der Waals surface area contributed by atoms with Crippen LogP contribution in [-0.2, 0) is 7.05 Å². The second-order valence-corrected chi connectivity index (χ2v) is 6.26. The number of hydrogen-bond donors (Lipinski definition) is 3. The number of aliphatic hydroxyl groups excluding tert-OH is 2. The summed E-state index contributed by atoms with van der Waals surface area (Å²) in [5.74, 6) is -0.358. The van der Waals surface area contributed by atoms with Crippen molar-refractivity contribution in [1.29, 1.82) is 0 Å². The lowest BCUT2D eigenvalue weighted by molar-refractivity contribution is 0.153. The summed E-state index contributed by atoms with van der Waals surface area (Å²) < 4.78 is 14.9. The number of benzene rings is 1. The molecule has 7 nitrogen and oxygen atoms in total. The van der Waals surface area contributed by atoms with E-state index in [2.05, 4.69) is 10.4 Å².